The van der Waals surface area contributed by atoms with Crippen molar-refractivity contribution < 1.29 is 23.0 Å². The molecule has 3 fully saturated rings. The quantitative estimate of drug-likeness (QED) is 0.273. The molecule has 1 saturated carbocycles. The fourth-order valence-electron chi connectivity index (χ4n) is 7.37. The molecule has 1 aliphatic carbocycles. The number of aliphatic hydroxyl groups excluding tert-OH is 1. The molecule has 242 valence electrons. The zero-order valence-electron chi connectivity index (χ0n) is 25.3. The lowest BCUT2D eigenvalue weighted by atomic mass is 9.69. The Balaban J connectivity index is 0.984. The van der Waals surface area contributed by atoms with Gasteiger partial charge in [0, 0.05) is 61.1 Å². The smallest absolute Gasteiger partial charge is 0.433 e. The van der Waals surface area contributed by atoms with Crippen molar-refractivity contribution in [3.8, 4) is 23.2 Å². The molecule has 0 aromatic carbocycles. The predicted octanol–water partition coefficient (Wildman–Crippen LogP) is 4.51. The van der Waals surface area contributed by atoms with E-state index in [1.165, 1.54) is 6.33 Å². The predicted molar refractivity (Wildman–Crippen MR) is 161 cm³/mol. The van der Waals surface area contributed by atoms with Gasteiger partial charge in [-0.2, -0.15) is 23.5 Å². The number of hydrogen-bond acceptors (Lipinski definition) is 9. The van der Waals surface area contributed by atoms with Crippen LogP contribution in [0.5, 0.6) is 5.88 Å². The van der Waals surface area contributed by atoms with Gasteiger partial charge in [-0.25, -0.2) is 15.0 Å². The van der Waals surface area contributed by atoms with Crippen molar-refractivity contribution in [1.82, 2.24) is 39.5 Å². The van der Waals surface area contributed by atoms with Crippen LogP contribution in [0.25, 0.3) is 22.3 Å². The Labute approximate surface area is 264 Å². The van der Waals surface area contributed by atoms with Gasteiger partial charge in [-0.05, 0) is 62.8 Å². The maximum absolute atomic E-state index is 13.7. The molecule has 0 unspecified atom stereocenters. The number of rotatable bonds is 9. The molecule has 2 aliphatic heterocycles. The van der Waals surface area contributed by atoms with Gasteiger partial charge in [-0.3, -0.25) is 14.5 Å². The van der Waals surface area contributed by atoms with E-state index in [-0.39, 0.29) is 30.7 Å². The van der Waals surface area contributed by atoms with E-state index in [9.17, 15) is 23.5 Å². The summed E-state index contributed by atoms with van der Waals surface area (Å²) in [6.45, 7) is 2.52. The van der Waals surface area contributed by atoms with Gasteiger partial charge >= 0.3 is 6.18 Å². The molecular formula is C32H36F3N9O2. The Morgan fingerprint density at radius 3 is 2.72 bits per heavy atom. The number of aliphatic hydroxyl groups is 1. The van der Waals surface area contributed by atoms with Crippen molar-refractivity contribution in [2.75, 3.05) is 26.2 Å². The normalized spacial score (nSPS) is 24.7. The molecule has 4 aromatic heterocycles. The summed E-state index contributed by atoms with van der Waals surface area (Å²) in [5.41, 5.74) is 1.53. The Hall–Kier alpha value is -4.06. The van der Waals surface area contributed by atoms with Crippen molar-refractivity contribution in [3.05, 3.63) is 54.4 Å². The van der Waals surface area contributed by atoms with E-state index in [0.717, 1.165) is 73.7 Å². The molecule has 1 atom stereocenters. The lowest BCUT2D eigenvalue weighted by molar-refractivity contribution is -0.141. The highest BCUT2D eigenvalue weighted by molar-refractivity contribution is 5.90. The van der Waals surface area contributed by atoms with Crippen molar-refractivity contribution in [2.45, 2.75) is 81.4 Å². The lowest BCUT2D eigenvalue weighted by Crippen LogP contribution is -2.58. The summed E-state index contributed by atoms with van der Waals surface area (Å²) >= 11 is 0. The zero-order valence-corrected chi connectivity index (χ0v) is 25.3. The van der Waals surface area contributed by atoms with Crippen LogP contribution in [0.3, 0.4) is 0 Å². The van der Waals surface area contributed by atoms with E-state index in [2.05, 4.69) is 36.0 Å². The van der Waals surface area contributed by atoms with Gasteiger partial charge in [0.25, 0.3) is 0 Å². The number of nitrogens with zero attached hydrogens (tertiary/aromatic N) is 8. The number of piperidine rings is 1. The Morgan fingerprint density at radius 2 is 1.96 bits per heavy atom. The van der Waals surface area contributed by atoms with Crippen LogP contribution in [0.4, 0.5) is 13.2 Å². The Bertz CT molecular complexity index is 1720. The number of nitriles is 1. The van der Waals surface area contributed by atoms with Gasteiger partial charge in [0.05, 0.1) is 36.5 Å². The highest BCUT2D eigenvalue weighted by Crippen LogP contribution is 2.46. The number of likely N-dealkylation sites (tertiary alicyclic amines) is 2. The maximum Gasteiger partial charge on any atom is 0.433 e. The van der Waals surface area contributed by atoms with E-state index in [4.69, 9.17) is 4.74 Å². The summed E-state index contributed by atoms with van der Waals surface area (Å²) in [4.78, 5) is 20.1. The molecule has 3 aliphatic rings. The molecule has 0 spiro atoms. The number of hydrogen-bond donors (Lipinski definition) is 2. The van der Waals surface area contributed by atoms with Crippen molar-refractivity contribution in [1.29, 1.82) is 5.26 Å². The molecule has 2 saturated heterocycles. The topological polar surface area (TPSA) is 132 Å². The van der Waals surface area contributed by atoms with E-state index in [1.807, 2.05) is 28.0 Å². The third-order valence-electron chi connectivity index (χ3n) is 9.86. The summed E-state index contributed by atoms with van der Waals surface area (Å²) in [6.07, 6.45) is 7.24. The molecule has 0 bridgehead atoms. The lowest BCUT2D eigenvalue weighted by Gasteiger charge is -2.52. The van der Waals surface area contributed by atoms with E-state index >= 15 is 0 Å². The molecule has 14 heteroatoms. The minimum atomic E-state index is -4.59. The number of pyridine rings is 1. The highest BCUT2D eigenvalue weighted by Gasteiger charge is 2.49. The van der Waals surface area contributed by atoms with Crippen molar-refractivity contribution in [2.24, 2.45) is 0 Å². The van der Waals surface area contributed by atoms with Crippen LogP contribution in [0.2, 0.25) is 0 Å². The van der Waals surface area contributed by atoms with Crippen LogP contribution in [0, 0.1) is 11.3 Å². The largest absolute Gasteiger partial charge is 0.474 e. The minimum absolute atomic E-state index is 0.00482. The second-order valence-corrected chi connectivity index (χ2v) is 12.8. The molecule has 46 heavy (non-hydrogen) atoms. The third kappa shape index (κ3) is 5.94. The number of fused-ring (bicyclic) bond motifs is 1. The molecule has 2 N–H and O–H groups in total. The van der Waals surface area contributed by atoms with Crippen LogP contribution >= 0.6 is 0 Å². The summed E-state index contributed by atoms with van der Waals surface area (Å²) in [5, 5.41) is 24.9. The van der Waals surface area contributed by atoms with Gasteiger partial charge in [0.1, 0.15) is 23.8 Å². The molecule has 0 amide bonds. The molecule has 0 radical (unpaired) electrons. The molecule has 4 aromatic rings. The fourth-order valence-corrected chi connectivity index (χ4v) is 7.37. The number of aromatic nitrogens is 6. The second kappa shape index (κ2) is 12.3. The number of halogens is 3. The maximum atomic E-state index is 13.7. The summed E-state index contributed by atoms with van der Waals surface area (Å²) in [5.74, 6) is -0.00482. The van der Waals surface area contributed by atoms with Gasteiger partial charge in [0.2, 0.25) is 5.88 Å². The second-order valence-electron chi connectivity index (χ2n) is 12.8. The average molecular weight is 636 g/mol. The highest BCUT2D eigenvalue weighted by atomic mass is 19.4. The van der Waals surface area contributed by atoms with Gasteiger partial charge < -0.3 is 14.8 Å². The van der Waals surface area contributed by atoms with Crippen LogP contribution < -0.4 is 4.74 Å². The van der Waals surface area contributed by atoms with E-state index in [1.54, 1.807) is 12.3 Å². The monoisotopic (exact) mass is 635 g/mol. The van der Waals surface area contributed by atoms with E-state index in [0.29, 0.717) is 31.4 Å². The third-order valence-corrected chi connectivity index (χ3v) is 9.86. The SMILES string of the molecule is N#CCC1(n2cc(-c3ncnc4[nH]ccc34)cn2)CC(N2CCC(Oc3cc(CN4CCC[C@H]4CO)cc(C(F)(F)F)n3)CC2)C1. The first-order valence-electron chi connectivity index (χ1n) is 15.8. The van der Waals surface area contributed by atoms with E-state index < -0.39 is 17.4 Å². The van der Waals surface area contributed by atoms with Crippen LogP contribution in [0.15, 0.2) is 43.1 Å². The Morgan fingerprint density at radius 1 is 1.13 bits per heavy atom. The molecule has 6 heterocycles. The number of alkyl halides is 3. The van der Waals surface area contributed by atoms with Crippen LogP contribution in [0.1, 0.15) is 56.2 Å². The number of ether oxygens (including phenoxy) is 1. The first kappa shape index (κ1) is 30.6. The Kier molecular flexibility index (Phi) is 8.16. The number of aromatic amines is 1. The van der Waals surface area contributed by atoms with Gasteiger partial charge in [-0.1, -0.05) is 0 Å². The van der Waals surface area contributed by atoms with Crippen molar-refractivity contribution >= 4 is 11.0 Å². The van der Waals surface area contributed by atoms with Crippen LogP contribution in [-0.2, 0) is 18.3 Å². The zero-order chi connectivity index (χ0) is 31.9. The number of nitrogens with one attached hydrogen (secondary N) is 1. The first-order valence-corrected chi connectivity index (χ1v) is 15.8. The molecular weight excluding hydrogens is 599 g/mol. The fraction of sp³-hybridized carbons (Fsp3) is 0.531. The molecule has 11 nitrogen and oxygen atoms in total. The van der Waals surface area contributed by atoms with Crippen LogP contribution in [-0.4, -0.2) is 89.1 Å². The van der Waals surface area contributed by atoms with Gasteiger partial charge in [0.15, 0.2) is 0 Å². The number of H-pyrrole nitrogens is 1. The summed E-state index contributed by atoms with van der Waals surface area (Å²) in [6, 6.07) is 7.22. The summed E-state index contributed by atoms with van der Waals surface area (Å²) < 4.78 is 49.2. The standard InChI is InChI=1S/C32H36F3N9O2/c33-32(34,35)27-12-21(17-43-9-1-2-23(43)19-45)13-28(41-27)46-25-4-10-42(11-5-25)24-14-31(15-24,6-7-36)44-18-22(16-40-44)29-26-3-8-37-30(26)39-20-38-29/h3,8,12-13,16,18,20,23-25,45H,1-2,4-6,9-11,14-15,17,19H2,(H,37,38,39)/t23-,24?,31?/m0/s1. The van der Waals surface area contributed by atoms with Gasteiger partial charge in [-0.15, -0.1) is 0 Å². The molecule has 7 rings (SSSR count). The van der Waals surface area contributed by atoms with Crippen molar-refractivity contribution in [3.63, 3.8) is 0 Å². The average Bonchev–Trinajstić information content (AvgIpc) is 3.80. The first-order chi connectivity index (χ1) is 22.2. The minimum Gasteiger partial charge on any atom is -0.474 e. The summed E-state index contributed by atoms with van der Waals surface area (Å²) in [7, 11) is 0.